The second kappa shape index (κ2) is 7.46. The van der Waals surface area contributed by atoms with Crippen LogP contribution < -0.4 is 5.32 Å². The zero-order valence-corrected chi connectivity index (χ0v) is 13.0. The van der Waals surface area contributed by atoms with Crippen LogP contribution in [0, 0.1) is 6.92 Å². The van der Waals surface area contributed by atoms with Crippen molar-refractivity contribution in [1.82, 2.24) is 10.2 Å². The molecular formula is C17H26N2O2. The minimum absolute atomic E-state index is 0.0484. The molecule has 116 valence electrons. The van der Waals surface area contributed by atoms with E-state index in [-0.39, 0.29) is 18.2 Å². The Morgan fingerprint density at radius 3 is 2.76 bits per heavy atom. The summed E-state index contributed by atoms with van der Waals surface area (Å²) in [4.78, 5) is 14.0. The summed E-state index contributed by atoms with van der Waals surface area (Å²) in [5, 5.41) is 12.8. The van der Waals surface area contributed by atoms with E-state index >= 15 is 0 Å². The van der Waals surface area contributed by atoms with Crippen molar-refractivity contribution in [1.29, 1.82) is 0 Å². The Labute approximate surface area is 127 Å². The maximum atomic E-state index is 12.3. The van der Waals surface area contributed by atoms with Crippen LogP contribution >= 0.6 is 0 Å². The van der Waals surface area contributed by atoms with E-state index in [0.717, 1.165) is 32.2 Å². The average molecular weight is 290 g/mol. The first kappa shape index (κ1) is 15.8. The first-order valence-corrected chi connectivity index (χ1v) is 7.87. The lowest BCUT2D eigenvalue weighted by Crippen LogP contribution is -2.50. The molecule has 2 atom stereocenters. The molecule has 21 heavy (non-hydrogen) atoms. The number of aryl methyl sites for hydroxylation is 1. The molecule has 1 saturated heterocycles. The van der Waals surface area contributed by atoms with Crippen molar-refractivity contribution in [3.05, 3.63) is 35.4 Å². The van der Waals surface area contributed by atoms with Crippen molar-refractivity contribution < 1.29 is 9.90 Å². The van der Waals surface area contributed by atoms with Gasteiger partial charge < -0.3 is 15.3 Å². The number of urea groups is 1. The van der Waals surface area contributed by atoms with Gasteiger partial charge in [0, 0.05) is 19.1 Å². The normalized spacial score (nSPS) is 20.1. The van der Waals surface area contributed by atoms with Gasteiger partial charge >= 0.3 is 6.03 Å². The summed E-state index contributed by atoms with van der Waals surface area (Å²) in [6, 6.07) is 8.53. The third-order valence-electron chi connectivity index (χ3n) is 4.11. The number of aliphatic hydroxyl groups is 1. The Bertz CT molecular complexity index is 458. The van der Waals surface area contributed by atoms with Gasteiger partial charge in [0.1, 0.15) is 0 Å². The summed E-state index contributed by atoms with van der Waals surface area (Å²) < 4.78 is 0. The maximum Gasteiger partial charge on any atom is 0.317 e. The molecule has 1 aliphatic heterocycles. The van der Waals surface area contributed by atoms with E-state index in [1.54, 1.807) is 4.90 Å². The number of hydrogen-bond donors (Lipinski definition) is 2. The molecule has 0 bridgehead atoms. The Morgan fingerprint density at radius 2 is 2.14 bits per heavy atom. The van der Waals surface area contributed by atoms with Crippen molar-refractivity contribution in [2.75, 3.05) is 13.1 Å². The van der Waals surface area contributed by atoms with Crippen LogP contribution in [0.15, 0.2) is 24.3 Å². The SMILES string of the molecule is CCC(Cc1ccc(C)cc1)NC(=O)N1CCCC(O)C1. The third-order valence-corrected chi connectivity index (χ3v) is 4.11. The monoisotopic (exact) mass is 290 g/mol. The maximum absolute atomic E-state index is 12.3. The number of carbonyl (C=O) groups excluding carboxylic acids is 1. The van der Waals surface area contributed by atoms with Crippen LogP contribution in [0.1, 0.15) is 37.3 Å². The number of rotatable bonds is 4. The molecule has 4 nitrogen and oxygen atoms in total. The van der Waals surface area contributed by atoms with Gasteiger partial charge in [-0.3, -0.25) is 0 Å². The fourth-order valence-electron chi connectivity index (χ4n) is 2.71. The van der Waals surface area contributed by atoms with Crippen LogP contribution in [-0.4, -0.2) is 41.3 Å². The number of carbonyl (C=O) groups is 1. The lowest BCUT2D eigenvalue weighted by molar-refractivity contribution is 0.0832. The summed E-state index contributed by atoms with van der Waals surface area (Å²) in [5.41, 5.74) is 2.49. The highest BCUT2D eigenvalue weighted by Gasteiger charge is 2.23. The summed E-state index contributed by atoms with van der Waals surface area (Å²) in [5.74, 6) is 0. The van der Waals surface area contributed by atoms with E-state index in [9.17, 15) is 9.90 Å². The number of nitrogens with zero attached hydrogens (tertiary/aromatic N) is 1. The molecular weight excluding hydrogens is 264 g/mol. The second-order valence-electron chi connectivity index (χ2n) is 5.99. The third kappa shape index (κ3) is 4.74. The first-order valence-electron chi connectivity index (χ1n) is 7.87. The lowest BCUT2D eigenvalue weighted by Gasteiger charge is -2.31. The summed E-state index contributed by atoms with van der Waals surface area (Å²) in [6.45, 7) is 5.35. The van der Waals surface area contributed by atoms with E-state index in [0.29, 0.717) is 6.54 Å². The van der Waals surface area contributed by atoms with E-state index in [2.05, 4.69) is 43.4 Å². The zero-order valence-electron chi connectivity index (χ0n) is 13.0. The summed E-state index contributed by atoms with van der Waals surface area (Å²) in [6.07, 6.45) is 3.05. The highest BCUT2D eigenvalue weighted by molar-refractivity contribution is 5.74. The number of hydrogen-bond acceptors (Lipinski definition) is 2. The number of piperidine rings is 1. The minimum Gasteiger partial charge on any atom is -0.391 e. The smallest absolute Gasteiger partial charge is 0.317 e. The van der Waals surface area contributed by atoms with E-state index < -0.39 is 0 Å². The second-order valence-corrected chi connectivity index (χ2v) is 5.99. The van der Waals surface area contributed by atoms with Crippen molar-refractivity contribution >= 4 is 6.03 Å². The van der Waals surface area contributed by atoms with Crippen LogP contribution in [0.5, 0.6) is 0 Å². The predicted octanol–water partition coefficient (Wildman–Crippen LogP) is 2.48. The molecule has 0 aliphatic carbocycles. The molecule has 2 amide bonds. The Hall–Kier alpha value is -1.55. The number of nitrogens with one attached hydrogen (secondary N) is 1. The summed E-state index contributed by atoms with van der Waals surface area (Å²) in [7, 11) is 0. The molecule has 4 heteroatoms. The molecule has 1 aliphatic rings. The fourth-order valence-corrected chi connectivity index (χ4v) is 2.71. The van der Waals surface area contributed by atoms with Crippen LogP contribution in [0.4, 0.5) is 4.79 Å². The van der Waals surface area contributed by atoms with Gasteiger partial charge in [-0.1, -0.05) is 36.8 Å². The molecule has 1 heterocycles. The number of β-amino-alcohol motifs (C(OH)–C–C–N with tert-alkyl or cyclic N) is 1. The van der Waals surface area contributed by atoms with Crippen LogP contribution in [-0.2, 0) is 6.42 Å². The predicted molar refractivity (Wildman–Crippen MR) is 84.3 cm³/mol. The largest absolute Gasteiger partial charge is 0.391 e. The lowest BCUT2D eigenvalue weighted by atomic mass is 10.0. The van der Waals surface area contributed by atoms with Gasteiger partial charge in [0.25, 0.3) is 0 Å². The molecule has 0 saturated carbocycles. The minimum atomic E-state index is -0.373. The van der Waals surface area contributed by atoms with Gasteiger partial charge in [0.15, 0.2) is 0 Å². The van der Waals surface area contributed by atoms with Gasteiger partial charge in [-0.25, -0.2) is 4.79 Å². The Morgan fingerprint density at radius 1 is 1.43 bits per heavy atom. The van der Waals surface area contributed by atoms with Crippen LogP contribution in [0.2, 0.25) is 0 Å². The van der Waals surface area contributed by atoms with Gasteiger partial charge in [-0.05, 0) is 38.2 Å². The van der Waals surface area contributed by atoms with E-state index in [1.807, 2.05) is 0 Å². The molecule has 2 N–H and O–H groups in total. The molecule has 1 fully saturated rings. The molecule has 2 rings (SSSR count). The number of likely N-dealkylation sites (tertiary alicyclic amines) is 1. The molecule has 0 spiro atoms. The van der Waals surface area contributed by atoms with Crippen molar-refractivity contribution in [2.45, 2.75) is 51.7 Å². The van der Waals surface area contributed by atoms with E-state index in [1.165, 1.54) is 11.1 Å². The zero-order chi connectivity index (χ0) is 15.2. The van der Waals surface area contributed by atoms with Crippen molar-refractivity contribution in [2.24, 2.45) is 0 Å². The van der Waals surface area contributed by atoms with Crippen molar-refractivity contribution in [3.63, 3.8) is 0 Å². The highest BCUT2D eigenvalue weighted by atomic mass is 16.3. The molecule has 0 radical (unpaired) electrons. The molecule has 1 aromatic rings. The topological polar surface area (TPSA) is 52.6 Å². The van der Waals surface area contributed by atoms with Gasteiger partial charge in [0.2, 0.25) is 0 Å². The van der Waals surface area contributed by atoms with Gasteiger partial charge in [-0.2, -0.15) is 0 Å². The Kier molecular flexibility index (Phi) is 5.62. The number of amides is 2. The highest BCUT2D eigenvalue weighted by Crippen LogP contribution is 2.12. The van der Waals surface area contributed by atoms with Crippen LogP contribution in [0.3, 0.4) is 0 Å². The van der Waals surface area contributed by atoms with Crippen LogP contribution in [0.25, 0.3) is 0 Å². The quantitative estimate of drug-likeness (QED) is 0.895. The Balaban J connectivity index is 1.89. The molecule has 1 aromatic carbocycles. The first-order chi connectivity index (χ1) is 10.1. The van der Waals surface area contributed by atoms with Gasteiger partial charge in [0.05, 0.1) is 6.10 Å². The average Bonchev–Trinajstić information content (AvgIpc) is 2.48. The fraction of sp³-hybridized carbons (Fsp3) is 0.588. The molecule has 0 aromatic heterocycles. The molecule has 2 unspecified atom stereocenters. The van der Waals surface area contributed by atoms with Gasteiger partial charge in [-0.15, -0.1) is 0 Å². The number of aliphatic hydroxyl groups excluding tert-OH is 1. The number of benzene rings is 1. The van der Waals surface area contributed by atoms with Crippen molar-refractivity contribution in [3.8, 4) is 0 Å². The summed E-state index contributed by atoms with van der Waals surface area (Å²) >= 11 is 0. The standard InChI is InChI=1S/C17H26N2O2/c1-3-15(11-14-8-6-13(2)7-9-14)18-17(21)19-10-4-5-16(20)12-19/h6-9,15-16,20H,3-5,10-12H2,1-2H3,(H,18,21). The van der Waals surface area contributed by atoms with E-state index in [4.69, 9.17) is 0 Å².